The van der Waals surface area contributed by atoms with E-state index in [-0.39, 0.29) is 12.3 Å². The molecule has 0 atom stereocenters. The molecular weight excluding hydrogens is 561 g/mol. The Morgan fingerprint density at radius 1 is 1.18 bits per heavy atom. The quantitative estimate of drug-likeness (QED) is 0.154. The van der Waals surface area contributed by atoms with E-state index in [2.05, 4.69) is 33.1 Å². The molecule has 0 bridgehead atoms. The van der Waals surface area contributed by atoms with Crippen LogP contribution in [0.4, 0.5) is 5.69 Å². The molecule has 0 aliphatic heterocycles. The lowest BCUT2D eigenvalue weighted by molar-refractivity contribution is -0.384. The topological polar surface area (TPSA) is 103 Å². The molecule has 0 saturated heterocycles. The number of carbonyl (C=O) groups is 1. The van der Waals surface area contributed by atoms with Crippen molar-refractivity contribution >= 4 is 52.0 Å². The predicted molar refractivity (Wildman–Crippen MR) is 134 cm³/mol. The minimum atomic E-state index is -0.447. The van der Waals surface area contributed by atoms with Gasteiger partial charge in [-0.1, -0.05) is 23.7 Å². The van der Waals surface area contributed by atoms with Crippen LogP contribution in [-0.4, -0.2) is 23.7 Å². The molecule has 0 aromatic heterocycles. The van der Waals surface area contributed by atoms with Crippen molar-refractivity contribution in [3.8, 4) is 11.5 Å². The summed E-state index contributed by atoms with van der Waals surface area (Å²) in [6.07, 6.45) is 1.50. The van der Waals surface area contributed by atoms with Crippen molar-refractivity contribution < 1.29 is 19.2 Å². The first kappa shape index (κ1) is 24.5. The van der Waals surface area contributed by atoms with E-state index in [1.54, 1.807) is 42.5 Å². The number of non-ortho nitro benzene ring substituents is 1. The Morgan fingerprint density at radius 3 is 2.58 bits per heavy atom. The van der Waals surface area contributed by atoms with E-state index < -0.39 is 10.8 Å². The average Bonchev–Trinajstić information content (AvgIpc) is 2.79. The highest BCUT2D eigenvalue weighted by Gasteiger charge is 2.13. The van der Waals surface area contributed by atoms with Crippen LogP contribution in [0.25, 0.3) is 0 Å². The van der Waals surface area contributed by atoms with Crippen LogP contribution in [0.2, 0.25) is 5.02 Å². The maximum absolute atomic E-state index is 12.2. The maximum Gasteiger partial charge on any atom is 0.272 e. The predicted octanol–water partition coefficient (Wildman–Crippen LogP) is 5.59. The third kappa shape index (κ3) is 6.65. The van der Waals surface area contributed by atoms with E-state index in [4.69, 9.17) is 21.1 Å². The van der Waals surface area contributed by atoms with Gasteiger partial charge < -0.3 is 9.47 Å². The summed E-state index contributed by atoms with van der Waals surface area (Å²) < 4.78 is 12.4. The summed E-state index contributed by atoms with van der Waals surface area (Å²) in [5.41, 5.74) is 4.29. The van der Waals surface area contributed by atoms with Crippen molar-refractivity contribution in [1.29, 1.82) is 0 Å². The van der Waals surface area contributed by atoms with Gasteiger partial charge in [0.15, 0.2) is 11.5 Å². The van der Waals surface area contributed by atoms with Gasteiger partial charge in [0.25, 0.3) is 11.6 Å². The second kappa shape index (κ2) is 11.6. The summed E-state index contributed by atoms with van der Waals surface area (Å²) in [4.78, 5) is 22.6. The summed E-state index contributed by atoms with van der Waals surface area (Å²) >= 11 is 8.16. The second-order valence-corrected chi connectivity index (χ2v) is 8.22. The number of hydrogen-bond acceptors (Lipinski definition) is 6. The third-order valence-electron chi connectivity index (χ3n) is 4.36. The van der Waals surface area contributed by atoms with Crippen molar-refractivity contribution in [2.45, 2.75) is 13.5 Å². The Kier molecular flexibility index (Phi) is 8.61. The van der Waals surface area contributed by atoms with Gasteiger partial charge in [0.2, 0.25) is 0 Å². The zero-order valence-electron chi connectivity index (χ0n) is 17.5. The SMILES string of the molecule is CCOc1cc(/C=N\NC(=O)c2ccccc2Cl)cc(I)c1OCc1ccc([N+](=O)[O-])cc1. The Balaban J connectivity index is 1.72. The van der Waals surface area contributed by atoms with Crippen LogP contribution in [0.15, 0.2) is 65.8 Å². The summed E-state index contributed by atoms with van der Waals surface area (Å²) in [6.45, 7) is 2.50. The lowest BCUT2D eigenvalue weighted by atomic mass is 10.2. The maximum atomic E-state index is 12.2. The lowest BCUT2D eigenvalue weighted by Crippen LogP contribution is -2.18. The van der Waals surface area contributed by atoms with Crippen molar-refractivity contribution in [2.75, 3.05) is 6.61 Å². The number of nitro groups is 1. The summed E-state index contributed by atoms with van der Waals surface area (Å²) in [5.74, 6) is 0.651. The Bertz CT molecular complexity index is 1190. The standard InChI is InChI=1S/C23H19ClIN3O5/c1-2-32-21-12-16(13-26-27-23(29)18-5-3-4-6-19(18)24)11-20(25)22(21)33-14-15-7-9-17(10-8-15)28(30)31/h3-13H,2,14H2,1H3,(H,27,29)/b26-13-. The highest BCUT2D eigenvalue weighted by molar-refractivity contribution is 14.1. The fourth-order valence-corrected chi connectivity index (χ4v) is 3.81. The lowest BCUT2D eigenvalue weighted by Gasteiger charge is -2.14. The highest BCUT2D eigenvalue weighted by Crippen LogP contribution is 2.34. The fourth-order valence-electron chi connectivity index (χ4n) is 2.81. The largest absolute Gasteiger partial charge is 0.490 e. The molecule has 3 aromatic carbocycles. The van der Waals surface area contributed by atoms with E-state index in [1.807, 2.05) is 13.0 Å². The number of amides is 1. The summed E-state index contributed by atoms with van der Waals surface area (Å²) in [5, 5.41) is 15.2. The van der Waals surface area contributed by atoms with Gasteiger partial charge in [-0.2, -0.15) is 5.10 Å². The zero-order chi connectivity index (χ0) is 23.8. The van der Waals surface area contributed by atoms with Crippen molar-refractivity contribution in [3.05, 3.63) is 96.1 Å². The number of nitro benzene ring substituents is 1. The van der Waals surface area contributed by atoms with Crippen LogP contribution in [0, 0.1) is 13.7 Å². The van der Waals surface area contributed by atoms with Crippen LogP contribution < -0.4 is 14.9 Å². The molecule has 0 fully saturated rings. The molecule has 0 heterocycles. The highest BCUT2D eigenvalue weighted by atomic mass is 127. The number of rotatable bonds is 9. The van der Waals surface area contributed by atoms with Crippen molar-refractivity contribution in [2.24, 2.45) is 5.10 Å². The fraction of sp³-hybridized carbons (Fsp3) is 0.130. The smallest absolute Gasteiger partial charge is 0.272 e. The zero-order valence-corrected chi connectivity index (χ0v) is 20.4. The number of hydrogen-bond donors (Lipinski definition) is 1. The number of halogens is 2. The first-order valence-corrected chi connectivity index (χ1v) is 11.2. The van der Waals surface area contributed by atoms with Gasteiger partial charge >= 0.3 is 0 Å². The van der Waals surface area contributed by atoms with E-state index in [0.29, 0.717) is 34.3 Å². The molecule has 1 amide bonds. The molecule has 8 nitrogen and oxygen atoms in total. The number of hydrazone groups is 1. The Morgan fingerprint density at radius 2 is 1.91 bits per heavy atom. The van der Waals surface area contributed by atoms with Gasteiger partial charge in [-0.25, -0.2) is 5.43 Å². The molecule has 0 unspecified atom stereocenters. The van der Waals surface area contributed by atoms with Gasteiger partial charge in [-0.15, -0.1) is 0 Å². The third-order valence-corrected chi connectivity index (χ3v) is 5.49. The van der Waals surface area contributed by atoms with Crippen LogP contribution in [0.3, 0.4) is 0 Å². The van der Waals surface area contributed by atoms with Crippen LogP contribution >= 0.6 is 34.2 Å². The molecule has 10 heteroatoms. The minimum Gasteiger partial charge on any atom is -0.490 e. The normalized spacial score (nSPS) is 10.8. The average molecular weight is 580 g/mol. The molecule has 33 heavy (non-hydrogen) atoms. The minimum absolute atomic E-state index is 0.0219. The van der Waals surface area contributed by atoms with Gasteiger partial charge in [-0.3, -0.25) is 14.9 Å². The number of benzene rings is 3. The first-order chi connectivity index (χ1) is 15.9. The van der Waals surface area contributed by atoms with Gasteiger partial charge in [-0.05, 0) is 77.0 Å². The molecule has 1 N–H and O–H groups in total. The molecule has 0 saturated carbocycles. The van der Waals surface area contributed by atoms with Crippen molar-refractivity contribution in [3.63, 3.8) is 0 Å². The molecule has 0 radical (unpaired) electrons. The van der Waals surface area contributed by atoms with Crippen molar-refractivity contribution in [1.82, 2.24) is 5.43 Å². The summed E-state index contributed by atoms with van der Waals surface area (Å²) in [7, 11) is 0. The summed E-state index contributed by atoms with van der Waals surface area (Å²) in [6, 6.07) is 16.4. The van der Waals surface area contributed by atoms with Crippen LogP contribution in [-0.2, 0) is 6.61 Å². The number of nitrogens with zero attached hydrogens (tertiary/aromatic N) is 2. The molecule has 0 aliphatic carbocycles. The van der Waals surface area contributed by atoms with E-state index in [9.17, 15) is 14.9 Å². The first-order valence-electron chi connectivity index (χ1n) is 9.79. The number of carbonyl (C=O) groups excluding carboxylic acids is 1. The monoisotopic (exact) mass is 579 g/mol. The molecular formula is C23H19ClIN3O5. The van der Waals surface area contributed by atoms with E-state index >= 15 is 0 Å². The number of ether oxygens (including phenoxy) is 2. The molecule has 3 rings (SSSR count). The van der Waals surface area contributed by atoms with Gasteiger partial charge in [0.1, 0.15) is 6.61 Å². The van der Waals surface area contributed by atoms with E-state index in [0.717, 1.165) is 9.13 Å². The number of nitrogens with one attached hydrogen (secondary N) is 1. The van der Waals surface area contributed by atoms with Gasteiger partial charge in [0.05, 0.1) is 31.9 Å². The molecule has 0 spiro atoms. The van der Waals surface area contributed by atoms with Crippen LogP contribution in [0.1, 0.15) is 28.4 Å². The molecule has 3 aromatic rings. The molecule has 0 aliphatic rings. The van der Waals surface area contributed by atoms with E-state index in [1.165, 1.54) is 18.3 Å². The van der Waals surface area contributed by atoms with Crippen LogP contribution in [0.5, 0.6) is 11.5 Å². The Hall–Kier alpha value is -3.18. The second-order valence-electron chi connectivity index (χ2n) is 6.65. The van der Waals surface area contributed by atoms with Gasteiger partial charge in [0, 0.05) is 12.1 Å². The Labute approximate surface area is 208 Å². The molecule has 170 valence electrons.